The maximum Gasteiger partial charge on any atom is 0.170 e. The van der Waals surface area contributed by atoms with E-state index in [0.29, 0.717) is 0 Å². The van der Waals surface area contributed by atoms with Gasteiger partial charge in [-0.25, -0.2) is 4.98 Å². The van der Waals surface area contributed by atoms with Gasteiger partial charge in [0.15, 0.2) is 7.14 Å². The second kappa shape index (κ2) is 11.8. The zero-order chi connectivity index (χ0) is 33.9. The molecule has 0 radical (unpaired) electrons. The Morgan fingerprint density at radius 1 is 0.510 bits per heavy atom. The van der Waals surface area contributed by atoms with Crippen LogP contribution in [0.15, 0.2) is 181 Å². The van der Waals surface area contributed by atoms with Crippen LogP contribution in [0.4, 0.5) is 0 Å². The van der Waals surface area contributed by atoms with Crippen molar-refractivity contribution in [1.82, 2.24) is 9.38 Å². The summed E-state index contributed by atoms with van der Waals surface area (Å²) in [4.78, 5) is 5.04. The number of hydrogen-bond acceptors (Lipinski definition) is 2. The van der Waals surface area contributed by atoms with Crippen LogP contribution in [0.1, 0.15) is 12.8 Å². The third-order valence-electron chi connectivity index (χ3n) is 10.4. The van der Waals surface area contributed by atoms with E-state index in [4.69, 9.17) is 4.98 Å². The van der Waals surface area contributed by atoms with Crippen molar-refractivity contribution in [3.8, 4) is 22.3 Å². The monoisotopic (exact) mass is 672 g/mol. The normalized spacial score (nSPS) is 14.4. The highest BCUT2D eigenvalue weighted by Crippen LogP contribution is 2.53. The number of aromatic nitrogens is 2. The molecule has 0 spiro atoms. The van der Waals surface area contributed by atoms with Crippen LogP contribution in [-0.2, 0) is 4.57 Å². The molecule has 2 aromatic heterocycles. The molecule has 0 amide bonds. The molecular weight excluding hydrogens is 640 g/mol. The van der Waals surface area contributed by atoms with Crippen LogP contribution < -0.4 is 10.6 Å². The van der Waals surface area contributed by atoms with E-state index in [1.165, 1.54) is 21.9 Å². The fourth-order valence-corrected chi connectivity index (χ4v) is 10.7. The molecule has 2 heterocycles. The predicted molar refractivity (Wildman–Crippen MR) is 216 cm³/mol. The first-order valence-electron chi connectivity index (χ1n) is 17.5. The number of nitrogens with zero attached hydrogens (tertiary/aromatic N) is 2. The molecule has 10 rings (SSSR count). The molecule has 1 aliphatic carbocycles. The van der Waals surface area contributed by atoms with Crippen LogP contribution in [0.5, 0.6) is 0 Å². The van der Waals surface area contributed by atoms with Gasteiger partial charge in [0.1, 0.15) is 5.65 Å². The van der Waals surface area contributed by atoms with Gasteiger partial charge in [0, 0.05) is 26.7 Å². The van der Waals surface area contributed by atoms with Gasteiger partial charge >= 0.3 is 0 Å². The SMILES string of the molecule is O=P(C1=CCCC=C1)(c1ccccc1)c1ccc2cc(-c3cccc(-c4ccc5c(c4)c4ccccc4c4nc6ccccc6n54)c3)ccc2c1. The summed E-state index contributed by atoms with van der Waals surface area (Å²) in [7, 11) is -3.00. The highest BCUT2D eigenvalue weighted by molar-refractivity contribution is 7.82. The van der Waals surface area contributed by atoms with E-state index in [2.05, 4.69) is 150 Å². The van der Waals surface area contributed by atoms with E-state index in [1.54, 1.807) is 0 Å². The van der Waals surface area contributed by atoms with Crippen molar-refractivity contribution in [2.45, 2.75) is 12.8 Å². The molecule has 1 unspecified atom stereocenters. The number of imidazole rings is 1. The lowest BCUT2D eigenvalue weighted by molar-refractivity contribution is 0.591. The highest BCUT2D eigenvalue weighted by Gasteiger charge is 2.31. The second-order valence-corrected chi connectivity index (χ2v) is 16.2. The molecule has 0 N–H and O–H groups in total. The number of rotatable bonds is 5. The molecule has 242 valence electrons. The van der Waals surface area contributed by atoms with Gasteiger partial charge in [-0.05, 0) is 93.7 Å². The van der Waals surface area contributed by atoms with Crippen molar-refractivity contribution in [3.63, 3.8) is 0 Å². The summed E-state index contributed by atoms with van der Waals surface area (Å²) in [6.07, 6.45) is 8.28. The van der Waals surface area contributed by atoms with E-state index in [1.807, 2.05) is 30.3 Å². The molecule has 7 aromatic carbocycles. The lowest BCUT2D eigenvalue weighted by atomic mass is 9.96. The number of para-hydroxylation sites is 2. The van der Waals surface area contributed by atoms with Crippen molar-refractivity contribution < 1.29 is 4.57 Å². The van der Waals surface area contributed by atoms with Gasteiger partial charge in [-0.2, -0.15) is 0 Å². The minimum atomic E-state index is -3.00. The van der Waals surface area contributed by atoms with Crippen molar-refractivity contribution >= 4 is 66.9 Å². The molecule has 4 heteroatoms. The van der Waals surface area contributed by atoms with Crippen molar-refractivity contribution in [3.05, 3.63) is 181 Å². The Morgan fingerprint density at radius 2 is 1.22 bits per heavy atom. The van der Waals surface area contributed by atoms with E-state index in [9.17, 15) is 0 Å². The van der Waals surface area contributed by atoms with Crippen molar-refractivity contribution in [2.24, 2.45) is 0 Å². The number of allylic oxidation sites excluding steroid dienone is 4. The number of pyridine rings is 1. The van der Waals surface area contributed by atoms with Crippen LogP contribution in [0.3, 0.4) is 0 Å². The van der Waals surface area contributed by atoms with Gasteiger partial charge in [-0.3, -0.25) is 4.40 Å². The quantitative estimate of drug-likeness (QED) is 0.135. The van der Waals surface area contributed by atoms with Gasteiger partial charge in [-0.1, -0.05) is 133 Å². The molecule has 0 bridgehead atoms. The molecule has 0 saturated carbocycles. The first kappa shape index (κ1) is 29.9. The molecule has 3 nitrogen and oxygen atoms in total. The summed E-state index contributed by atoms with van der Waals surface area (Å²) in [6, 6.07) is 55.5. The average Bonchev–Trinajstić information content (AvgIpc) is 3.61. The van der Waals surface area contributed by atoms with Gasteiger partial charge in [0.2, 0.25) is 0 Å². The number of fused-ring (bicyclic) bond motifs is 9. The molecular formula is C47H33N2OP. The number of hydrogen-bond donors (Lipinski definition) is 0. The Balaban J connectivity index is 1.06. The topological polar surface area (TPSA) is 34.4 Å². The lowest BCUT2D eigenvalue weighted by Gasteiger charge is -2.23. The Kier molecular flexibility index (Phi) is 6.91. The van der Waals surface area contributed by atoms with E-state index in [0.717, 1.165) is 78.2 Å². The number of benzene rings is 7. The van der Waals surface area contributed by atoms with Crippen LogP contribution in [0, 0.1) is 0 Å². The predicted octanol–water partition coefficient (Wildman–Crippen LogP) is 11.8. The van der Waals surface area contributed by atoms with Crippen LogP contribution in [0.25, 0.3) is 71.4 Å². The zero-order valence-corrected chi connectivity index (χ0v) is 28.8. The Bertz CT molecular complexity index is 2950. The molecule has 51 heavy (non-hydrogen) atoms. The van der Waals surface area contributed by atoms with E-state index >= 15 is 4.57 Å². The summed E-state index contributed by atoms with van der Waals surface area (Å²) in [5, 5.41) is 8.45. The average molecular weight is 673 g/mol. The molecule has 0 aliphatic heterocycles. The summed E-state index contributed by atoms with van der Waals surface area (Å²) in [5.74, 6) is 0. The maximum absolute atomic E-state index is 15.0. The summed E-state index contributed by atoms with van der Waals surface area (Å²) < 4.78 is 17.3. The van der Waals surface area contributed by atoms with Crippen LogP contribution >= 0.6 is 7.14 Å². The van der Waals surface area contributed by atoms with Crippen LogP contribution in [0.2, 0.25) is 0 Å². The molecule has 0 saturated heterocycles. The smallest absolute Gasteiger partial charge is 0.170 e. The Morgan fingerprint density at radius 3 is 2.06 bits per heavy atom. The van der Waals surface area contributed by atoms with E-state index in [-0.39, 0.29) is 0 Å². The van der Waals surface area contributed by atoms with Crippen molar-refractivity contribution in [2.75, 3.05) is 0 Å². The third-order valence-corrected chi connectivity index (χ3v) is 13.5. The van der Waals surface area contributed by atoms with Gasteiger partial charge < -0.3 is 4.57 Å². The largest absolute Gasteiger partial charge is 0.309 e. The van der Waals surface area contributed by atoms with E-state index < -0.39 is 7.14 Å². The fraction of sp³-hybridized carbons (Fsp3) is 0.0426. The van der Waals surface area contributed by atoms with Crippen molar-refractivity contribution in [1.29, 1.82) is 0 Å². The summed E-state index contributed by atoms with van der Waals surface area (Å²) >= 11 is 0. The van der Waals surface area contributed by atoms with Crippen LogP contribution in [-0.4, -0.2) is 9.38 Å². The zero-order valence-electron chi connectivity index (χ0n) is 27.9. The lowest BCUT2D eigenvalue weighted by Crippen LogP contribution is -2.17. The first-order chi connectivity index (χ1) is 25.1. The molecule has 0 fully saturated rings. The maximum atomic E-state index is 15.0. The van der Waals surface area contributed by atoms with Gasteiger partial charge in [0.25, 0.3) is 0 Å². The summed E-state index contributed by atoms with van der Waals surface area (Å²) in [6.45, 7) is 0. The molecule has 1 aliphatic rings. The Labute approximate surface area is 296 Å². The molecule has 9 aromatic rings. The third kappa shape index (κ3) is 4.81. The van der Waals surface area contributed by atoms with Gasteiger partial charge in [0.05, 0.1) is 16.6 Å². The molecule has 1 atom stereocenters. The minimum absolute atomic E-state index is 0.874. The Hall–Kier alpha value is -6.02. The standard InChI is InChI=1S/C47H33N2OP/c50-51(38-14-3-1-4-15-38,39-16-5-2-6-17-39)40-26-24-35-29-34(22-23-36(35)30-40)32-12-11-13-33(28-32)37-25-27-45-43(31-37)41-18-7-8-19-42(41)47-48-44-20-9-10-21-46(44)49(45)47/h1,3-5,7-31H,2,6H2. The first-order valence-corrected chi connectivity index (χ1v) is 19.3. The highest BCUT2D eigenvalue weighted by atomic mass is 31.2. The minimum Gasteiger partial charge on any atom is -0.309 e. The second-order valence-electron chi connectivity index (χ2n) is 13.4. The van der Waals surface area contributed by atoms with Gasteiger partial charge in [-0.15, -0.1) is 0 Å². The fourth-order valence-electron chi connectivity index (χ4n) is 7.89. The summed E-state index contributed by atoms with van der Waals surface area (Å²) in [5.41, 5.74) is 8.91.